The number of aromatic nitrogens is 1. The zero-order valence-electron chi connectivity index (χ0n) is 13.6. The molecule has 2 aromatic rings. The SMILES string of the molecule is CCN(C(C)=O)c1nc(CN2CCNCc3ccccc32)cs1. The van der Waals surface area contributed by atoms with Crippen molar-refractivity contribution >= 4 is 28.1 Å². The maximum absolute atomic E-state index is 11.7. The Kier molecular flexibility index (Phi) is 4.93. The van der Waals surface area contributed by atoms with Crippen LogP contribution in [0.2, 0.25) is 0 Å². The van der Waals surface area contributed by atoms with Crippen molar-refractivity contribution in [2.45, 2.75) is 26.9 Å². The Morgan fingerprint density at radius 2 is 2.26 bits per heavy atom. The second-order valence-corrected chi connectivity index (χ2v) is 6.45. The summed E-state index contributed by atoms with van der Waals surface area (Å²) in [6.07, 6.45) is 0. The predicted molar refractivity (Wildman–Crippen MR) is 95.0 cm³/mol. The van der Waals surface area contributed by atoms with Crippen molar-refractivity contribution in [3.8, 4) is 0 Å². The fraction of sp³-hybridized carbons (Fsp3) is 0.412. The number of thiazole rings is 1. The fourth-order valence-corrected chi connectivity index (χ4v) is 3.80. The average Bonchev–Trinajstić information content (AvgIpc) is 2.89. The van der Waals surface area contributed by atoms with Crippen LogP contribution in [0.1, 0.15) is 25.1 Å². The van der Waals surface area contributed by atoms with Gasteiger partial charge in [0.25, 0.3) is 0 Å². The zero-order chi connectivity index (χ0) is 16.2. The van der Waals surface area contributed by atoms with E-state index in [2.05, 4.69) is 44.8 Å². The van der Waals surface area contributed by atoms with E-state index >= 15 is 0 Å². The monoisotopic (exact) mass is 330 g/mol. The molecule has 0 aliphatic carbocycles. The highest BCUT2D eigenvalue weighted by atomic mass is 32.1. The van der Waals surface area contributed by atoms with Gasteiger partial charge in [0.1, 0.15) is 0 Å². The second kappa shape index (κ2) is 7.10. The number of nitrogens with one attached hydrogen (secondary N) is 1. The number of benzene rings is 1. The van der Waals surface area contributed by atoms with Crippen LogP contribution in [0.15, 0.2) is 29.6 Å². The van der Waals surface area contributed by atoms with E-state index in [1.807, 2.05) is 6.92 Å². The molecule has 3 rings (SSSR count). The first-order valence-electron chi connectivity index (χ1n) is 7.95. The summed E-state index contributed by atoms with van der Waals surface area (Å²) in [6, 6.07) is 8.50. The van der Waals surface area contributed by atoms with Crippen molar-refractivity contribution in [2.24, 2.45) is 0 Å². The van der Waals surface area contributed by atoms with Crippen LogP contribution in [0.3, 0.4) is 0 Å². The van der Waals surface area contributed by atoms with Gasteiger partial charge in [0.2, 0.25) is 5.91 Å². The number of rotatable bonds is 4. The molecule has 0 unspecified atom stereocenters. The third-order valence-corrected chi connectivity index (χ3v) is 4.94. The number of fused-ring (bicyclic) bond motifs is 1. The molecule has 1 aromatic carbocycles. The Labute approximate surface area is 140 Å². The minimum atomic E-state index is 0.0396. The summed E-state index contributed by atoms with van der Waals surface area (Å²) < 4.78 is 0. The van der Waals surface area contributed by atoms with Gasteiger partial charge in [-0.05, 0) is 18.6 Å². The number of nitrogens with zero attached hydrogens (tertiary/aromatic N) is 3. The van der Waals surface area contributed by atoms with Gasteiger partial charge in [-0.1, -0.05) is 18.2 Å². The summed E-state index contributed by atoms with van der Waals surface area (Å²) in [5.74, 6) is 0.0396. The molecule has 1 N–H and O–H groups in total. The molecule has 1 aliphatic rings. The van der Waals surface area contributed by atoms with Gasteiger partial charge in [0.05, 0.1) is 12.2 Å². The number of hydrogen-bond acceptors (Lipinski definition) is 5. The number of hydrogen-bond donors (Lipinski definition) is 1. The summed E-state index contributed by atoms with van der Waals surface area (Å²) in [5.41, 5.74) is 3.60. The van der Waals surface area contributed by atoms with Gasteiger partial charge in [0.15, 0.2) is 5.13 Å². The van der Waals surface area contributed by atoms with Crippen LogP contribution in [-0.2, 0) is 17.9 Å². The maximum Gasteiger partial charge on any atom is 0.225 e. The van der Waals surface area contributed by atoms with E-state index in [-0.39, 0.29) is 5.91 Å². The van der Waals surface area contributed by atoms with E-state index in [1.54, 1.807) is 11.8 Å². The Balaban J connectivity index is 1.80. The zero-order valence-corrected chi connectivity index (χ0v) is 14.4. The standard InChI is InChI=1S/C17H22N4OS/c1-3-21(13(2)22)17-19-15(12-23-17)11-20-9-8-18-10-14-6-4-5-7-16(14)20/h4-7,12,18H,3,8-11H2,1-2H3. The highest BCUT2D eigenvalue weighted by molar-refractivity contribution is 7.14. The van der Waals surface area contributed by atoms with Crippen LogP contribution >= 0.6 is 11.3 Å². The number of carbonyl (C=O) groups is 1. The molecule has 2 heterocycles. The third-order valence-electron chi connectivity index (χ3n) is 4.03. The van der Waals surface area contributed by atoms with Crippen LogP contribution < -0.4 is 15.1 Å². The fourth-order valence-electron chi connectivity index (χ4n) is 2.87. The molecule has 0 radical (unpaired) electrons. The number of amides is 1. The van der Waals surface area contributed by atoms with E-state index in [0.717, 1.165) is 37.0 Å². The first-order chi connectivity index (χ1) is 11.2. The van der Waals surface area contributed by atoms with Crippen LogP contribution in [0.5, 0.6) is 0 Å². The number of para-hydroxylation sites is 1. The lowest BCUT2D eigenvalue weighted by atomic mass is 10.1. The lowest BCUT2D eigenvalue weighted by Crippen LogP contribution is -2.29. The second-order valence-electron chi connectivity index (χ2n) is 5.61. The predicted octanol–water partition coefficient (Wildman–Crippen LogP) is 2.63. The van der Waals surface area contributed by atoms with Gasteiger partial charge in [0, 0.05) is 44.2 Å². The van der Waals surface area contributed by atoms with Gasteiger partial charge in [-0.15, -0.1) is 11.3 Å². The average molecular weight is 330 g/mol. The normalized spacial score (nSPS) is 14.3. The van der Waals surface area contributed by atoms with Gasteiger partial charge in [-0.3, -0.25) is 9.69 Å². The van der Waals surface area contributed by atoms with Crippen molar-refractivity contribution in [1.29, 1.82) is 0 Å². The van der Waals surface area contributed by atoms with Gasteiger partial charge in [-0.25, -0.2) is 4.98 Å². The van der Waals surface area contributed by atoms with Crippen LogP contribution in [0, 0.1) is 0 Å². The molecular formula is C17H22N4OS. The smallest absolute Gasteiger partial charge is 0.225 e. The molecule has 1 aromatic heterocycles. The van der Waals surface area contributed by atoms with Crippen LogP contribution in [0.25, 0.3) is 0 Å². The van der Waals surface area contributed by atoms with Crippen molar-refractivity contribution in [2.75, 3.05) is 29.4 Å². The Morgan fingerprint density at radius 3 is 3.04 bits per heavy atom. The van der Waals surface area contributed by atoms with E-state index < -0.39 is 0 Å². The molecule has 0 bridgehead atoms. The van der Waals surface area contributed by atoms with Crippen molar-refractivity contribution in [1.82, 2.24) is 10.3 Å². The molecule has 5 nitrogen and oxygen atoms in total. The lowest BCUT2D eigenvalue weighted by Gasteiger charge is -2.23. The molecule has 0 saturated heterocycles. The highest BCUT2D eigenvalue weighted by Gasteiger charge is 2.18. The molecule has 0 atom stereocenters. The molecule has 0 spiro atoms. The first-order valence-corrected chi connectivity index (χ1v) is 8.83. The van der Waals surface area contributed by atoms with E-state index in [9.17, 15) is 4.79 Å². The van der Waals surface area contributed by atoms with E-state index in [0.29, 0.717) is 6.54 Å². The summed E-state index contributed by atoms with van der Waals surface area (Å²) in [4.78, 5) is 20.4. The largest absolute Gasteiger partial charge is 0.364 e. The summed E-state index contributed by atoms with van der Waals surface area (Å²) >= 11 is 1.54. The van der Waals surface area contributed by atoms with Crippen molar-refractivity contribution in [3.63, 3.8) is 0 Å². The van der Waals surface area contributed by atoms with Crippen LogP contribution in [0.4, 0.5) is 10.8 Å². The molecular weight excluding hydrogens is 308 g/mol. The molecule has 0 fully saturated rings. The maximum atomic E-state index is 11.7. The van der Waals surface area contributed by atoms with Crippen LogP contribution in [-0.4, -0.2) is 30.5 Å². The lowest BCUT2D eigenvalue weighted by molar-refractivity contribution is -0.116. The summed E-state index contributed by atoms with van der Waals surface area (Å²) in [5, 5.41) is 6.30. The quantitative estimate of drug-likeness (QED) is 0.936. The summed E-state index contributed by atoms with van der Waals surface area (Å²) in [7, 11) is 0. The number of anilines is 2. The van der Waals surface area contributed by atoms with Crippen molar-refractivity contribution in [3.05, 3.63) is 40.9 Å². The molecule has 6 heteroatoms. The van der Waals surface area contributed by atoms with Gasteiger partial charge >= 0.3 is 0 Å². The molecule has 0 saturated carbocycles. The third kappa shape index (κ3) is 3.54. The minimum absolute atomic E-state index is 0.0396. The minimum Gasteiger partial charge on any atom is -0.364 e. The van der Waals surface area contributed by atoms with E-state index in [4.69, 9.17) is 0 Å². The molecule has 122 valence electrons. The van der Waals surface area contributed by atoms with Gasteiger partial charge in [-0.2, -0.15) is 0 Å². The van der Waals surface area contributed by atoms with Gasteiger partial charge < -0.3 is 10.2 Å². The first kappa shape index (κ1) is 16.0. The van der Waals surface area contributed by atoms with Crippen molar-refractivity contribution < 1.29 is 4.79 Å². The Morgan fingerprint density at radius 1 is 1.43 bits per heavy atom. The topological polar surface area (TPSA) is 48.5 Å². The Hall–Kier alpha value is -1.92. The molecule has 1 amide bonds. The Bertz CT molecular complexity index is 685. The molecule has 1 aliphatic heterocycles. The highest BCUT2D eigenvalue weighted by Crippen LogP contribution is 2.26. The number of carbonyl (C=O) groups excluding carboxylic acids is 1. The van der Waals surface area contributed by atoms with E-state index in [1.165, 1.54) is 22.6 Å². The summed E-state index contributed by atoms with van der Waals surface area (Å²) in [6.45, 7) is 7.79. The molecule has 23 heavy (non-hydrogen) atoms.